The summed E-state index contributed by atoms with van der Waals surface area (Å²) >= 11 is 0. The van der Waals surface area contributed by atoms with Gasteiger partial charge in [0.2, 0.25) is 6.23 Å². The molecule has 0 bridgehead atoms. The van der Waals surface area contributed by atoms with Crippen molar-refractivity contribution in [3.63, 3.8) is 0 Å². The maximum atomic E-state index is 11.5. The van der Waals surface area contributed by atoms with E-state index < -0.39 is 36.6 Å². The molecular formula is C32H38NO7+. The van der Waals surface area contributed by atoms with E-state index in [4.69, 9.17) is 9.47 Å². The highest BCUT2D eigenvalue weighted by Crippen LogP contribution is 2.35. The second-order valence-corrected chi connectivity index (χ2v) is 10.6. The van der Waals surface area contributed by atoms with Crippen molar-refractivity contribution in [2.45, 2.75) is 44.0 Å². The van der Waals surface area contributed by atoms with E-state index in [1.807, 2.05) is 60.7 Å². The molecule has 8 nitrogen and oxygen atoms in total. The molecular weight excluding hydrogens is 510 g/mol. The van der Waals surface area contributed by atoms with Crippen molar-refractivity contribution >= 4 is 17.1 Å². The zero-order valence-corrected chi connectivity index (χ0v) is 23.1. The molecule has 0 saturated carbocycles. The Morgan fingerprint density at radius 3 is 1.90 bits per heavy atom. The number of carbonyl (C=O) groups is 1. The molecule has 0 aliphatic carbocycles. The van der Waals surface area contributed by atoms with Crippen molar-refractivity contribution < 1.29 is 39.2 Å². The number of quaternary nitrogens is 1. The SMILES string of the molecule is CC/C(=C(\c1ccccc1)c1ccc(OCC[N+](C)(C)C2OC(C(=O)O)C(O)C(O)C2O)cc1)c1ccccc1. The minimum absolute atomic E-state index is 0.0185. The lowest BCUT2D eigenvalue weighted by Gasteiger charge is -2.46. The lowest BCUT2D eigenvalue weighted by atomic mass is 9.88. The average molecular weight is 549 g/mol. The van der Waals surface area contributed by atoms with Gasteiger partial charge >= 0.3 is 5.97 Å². The van der Waals surface area contributed by atoms with Gasteiger partial charge in [-0.15, -0.1) is 0 Å². The minimum atomic E-state index is -1.72. The summed E-state index contributed by atoms with van der Waals surface area (Å²) in [6.07, 6.45) is -6.65. The number of hydrogen-bond acceptors (Lipinski definition) is 6. The molecule has 1 aliphatic heterocycles. The Balaban J connectivity index is 1.50. The third-order valence-electron chi connectivity index (χ3n) is 7.44. The molecule has 1 fully saturated rings. The Kier molecular flexibility index (Phi) is 9.40. The number of nitrogens with zero attached hydrogens (tertiary/aromatic N) is 1. The molecule has 4 rings (SSSR count). The molecule has 3 aromatic carbocycles. The number of carboxylic acids is 1. The predicted molar refractivity (Wildman–Crippen MR) is 152 cm³/mol. The quantitative estimate of drug-likeness (QED) is 0.227. The smallest absolute Gasteiger partial charge is 0.335 e. The van der Waals surface area contributed by atoms with Crippen LogP contribution in [-0.2, 0) is 9.53 Å². The first-order valence-electron chi connectivity index (χ1n) is 13.5. The first kappa shape index (κ1) is 29.5. The van der Waals surface area contributed by atoms with Gasteiger partial charge in [0.05, 0.1) is 14.1 Å². The van der Waals surface area contributed by atoms with Crippen molar-refractivity contribution in [2.75, 3.05) is 27.2 Å². The van der Waals surface area contributed by atoms with E-state index in [1.165, 1.54) is 11.1 Å². The number of carboxylic acid groups (broad SMARTS) is 1. The van der Waals surface area contributed by atoms with Crippen LogP contribution in [0.15, 0.2) is 84.9 Å². The molecule has 8 heteroatoms. The number of aliphatic hydroxyl groups excluding tert-OH is 3. The van der Waals surface area contributed by atoms with Gasteiger partial charge in [0.15, 0.2) is 12.2 Å². The van der Waals surface area contributed by atoms with E-state index in [0.29, 0.717) is 12.3 Å². The molecule has 0 radical (unpaired) electrons. The monoisotopic (exact) mass is 548 g/mol. The first-order chi connectivity index (χ1) is 19.1. The third-order valence-corrected chi connectivity index (χ3v) is 7.44. The summed E-state index contributed by atoms with van der Waals surface area (Å²) < 4.78 is 11.5. The van der Waals surface area contributed by atoms with Crippen molar-refractivity contribution in [2.24, 2.45) is 0 Å². The van der Waals surface area contributed by atoms with Crippen molar-refractivity contribution in [3.05, 3.63) is 102 Å². The first-order valence-corrected chi connectivity index (χ1v) is 13.5. The molecule has 212 valence electrons. The van der Waals surface area contributed by atoms with E-state index in [0.717, 1.165) is 23.1 Å². The highest BCUT2D eigenvalue weighted by Gasteiger charge is 2.52. The lowest BCUT2D eigenvalue weighted by molar-refractivity contribution is -0.944. The largest absolute Gasteiger partial charge is 0.488 e. The molecule has 1 aliphatic rings. The molecule has 1 heterocycles. The zero-order chi connectivity index (χ0) is 28.9. The van der Waals surface area contributed by atoms with Gasteiger partial charge < -0.3 is 29.9 Å². The Morgan fingerprint density at radius 2 is 1.35 bits per heavy atom. The molecule has 3 aromatic rings. The van der Waals surface area contributed by atoms with E-state index in [2.05, 4.69) is 31.2 Å². The van der Waals surface area contributed by atoms with E-state index >= 15 is 0 Å². The van der Waals surface area contributed by atoms with Gasteiger partial charge in [0.1, 0.15) is 31.1 Å². The summed E-state index contributed by atoms with van der Waals surface area (Å²) in [6.45, 7) is 2.76. The van der Waals surface area contributed by atoms with Gasteiger partial charge in [-0.05, 0) is 46.4 Å². The van der Waals surface area contributed by atoms with Crippen LogP contribution >= 0.6 is 0 Å². The van der Waals surface area contributed by atoms with Crippen LogP contribution in [0.2, 0.25) is 0 Å². The summed E-state index contributed by atoms with van der Waals surface area (Å²) in [5.41, 5.74) is 5.79. The highest BCUT2D eigenvalue weighted by molar-refractivity contribution is 5.98. The fourth-order valence-electron chi connectivity index (χ4n) is 5.17. The molecule has 4 N–H and O–H groups in total. The second kappa shape index (κ2) is 12.8. The standard InChI is InChI=1S/C32H37NO7/c1-4-25(21-11-7-5-8-12-21)26(22-13-9-6-10-14-22)23-15-17-24(18-16-23)39-20-19-33(2,3)31-29(36)27(34)28(35)30(40-31)32(37)38/h5-18,27-31,34-36H,4,19-20H2,1-3H3/p+1/b26-25-. The van der Waals surface area contributed by atoms with Crippen LogP contribution in [0, 0.1) is 0 Å². The van der Waals surface area contributed by atoms with E-state index in [1.54, 1.807) is 14.1 Å². The van der Waals surface area contributed by atoms with Crippen molar-refractivity contribution in [1.29, 1.82) is 0 Å². The van der Waals surface area contributed by atoms with Crippen LogP contribution in [-0.4, -0.2) is 88.8 Å². The van der Waals surface area contributed by atoms with Crippen molar-refractivity contribution in [3.8, 4) is 5.75 Å². The van der Waals surface area contributed by atoms with Crippen LogP contribution in [0.4, 0.5) is 0 Å². The number of allylic oxidation sites excluding steroid dienone is 1. The second-order valence-electron chi connectivity index (χ2n) is 10.6. The van der Waals surface area contributed by atoms with Gasteiger partial charge in [0.25, 0.3) is 0 Å². The number of hydrogen-bond donors (Lipinski definition) is 4. The number of benzene rings is 3. The Morgan fingerprint density at radius 1 is 0.800 bits per heavy atom. The molecule has 5 unspecified atom stereocenters. The zero-order valence-electron chi connectivity index (χ0n) is 23.1. The topological polar surface area (TPSA) is 116 Å². The summed E-state index contributed by atoms with van der Waals surface area (Å²) in [6, 6.07) is 28.6. The normalized spacial score (nSPS) is 23.8. The Hall–Kier alpha value is -3.53. The van der Waals surface area contributed by atoms with Crippen LogP contribution in [0.25, 0.3) is 11.1 Å². The molecule has 0 amide bonds. The molecule has 0 spiro atoms. The van der Waals surface area contributed by atoms with E-state index in [9.17, 15) is 25.2 Å². The van der Waals surface area contributed by atoms with Gasteiger partial charge in [-0.2, -0.15) is 0 Å². The molecule has 5 atom stereocenters. The number of aliphatic carboxylic acids is 1. The number of likely N-dealkylation sites (N-methyl/N-ethyl adjacent to an activating group) is 1. The van der Waals surface area contributed by atoms with Gasteiger partial charge in [-0.1, -0.05) is 79.7 Å². The number of rotatable bonds is 10. The van der Waals surface area contributed by atoms with Crippen LogP contribution < -0.4 is 4.74 Å². The third kappa shape index (κ3) is 6.43. The fraction of sp³-hybridized carbons (Fsp3) is 0.344. The molecule has 1 saturated heterocycles. The predicted octanol–water partition coefficient (Wildman–Crippen LogP) is 3.40. The minimum Gasteiger partial charge on any atom is -0.488 e. The molecule has 0 aromatic heterocycles. The van der Waals surface area contributed by atoms with Crippen LogP contribution in [0.1, 0.15) is 30.0 Å². The lowest BCUT2D eigenvalue weighted by Crippen LogP contribution is -2.68. The Labute approximate surface area is 234 Å². The summed E-state index contributed by atoms with van der Waals surface area (Å²) in [4.78, 5) is 11.5. The maximum Gasteiger partial charge on any atom is 0.335 e. The number of aliphatic hydroxyl groups is 3. The van der Waals surface area contributed by atoms with Crippen LogP contribution in [0.3, 0.4) is 0 Å². The van der Waals surface area contributed by atoms with Crippen molar-refractivity contribution in [1.82, 2.24) is 0 Å². The summed E-state index contributed by atoms with van der Waals surface area (Å²) in [5.74, 6) is -0.736. The number of ether oxygens (including phenoxy) is 2. The molecule has 40 heavy (non-hydrogen) atoms. The average Bonchev–Trinajstić information content (AvgIpc) is 2.95. The summed E-state index contributed by atoms with van der Waals surface area (Å²) in [5, 5.41) is 40.0. The van der Waals surface area contributed by atoms with Crippen LogP contribution in [0.5, 0.6) is 5.75 Å². The highest BCUT2D eigenvalue weighted by atomic mass is 16.6. The fourth-order valence-corrected chi connectivity index (χ4v) is 5.17. The summed E-state index contributed by atoms with van der Waals surface area (Å²) in [7, 11) is 3.49. The van der Waals surface area contributed by atoms with E-state index in [-0.39, 0.29) is 11.1 Å². The van der Waals surface area contributed by atoms with Gasteiger partial charge in [0, 0.05) is 0 Å². The van der Waals surface area contributed by atoms with Gasteiger partial charge in [-0.3, -0.25) is 4.48 Å². The Bertz CT molecular complexity index is 1290. The maximum absolute atomic E-state index is 11.5. The van der Waals surface area contributed by atoms with Gasteiger partial charge in [-0.25, -0.2) is 4.79 Å².